The van der Waals surface area contributed by atoms with E-state index in [9.17, 15) is 18.0 Å². The number of hydrogen-bond donors (Lipinski definition) is 0. The van der Waals surface area contributed by atoms with Gasteiger partial charge in [0.1, 0.15) is 23.1 Å². The molecule has 0 spiro atoms. The molecule has 3 nitrogen and oxygen atoms in total. The van der Waals surface area contributed by atoms with Crippen molar-refractivity contribution in [1.82, 2.24) is 0 Å². The summed E-state index contributed by atoms with van der Waals surface area (Å²) in [5.41, 5.74) is -0.644. The molecular weight excluding hydrogens is 523 g/mol. The summed E-state index contributed by atoms with van der Waals surface area (Å²) in [6.45, 7) is 2.36. The van der Waals surface area contributed by atoms with Gasteiger partial charge in [-0.1, -0.05) is 30.3 Å². The van der Waals surface area contributed by atoms with Crippen LogP contribution in [0.5, 0.6) is 5.75 Å². The highest BCUT2D eigenvalue weighted by molar-refractivity contribution is 7.97. The first-order valence-corrected chi connectivity index (χ1v) is 12.6. The molecule has 0 saturated heterocycles. The Balaban J connectivity index is 1.57. The summed E-state index contributed by atoms with van der Waals surface area (Å²) in [5.74, 6) is -6.00. The fourth-order valence-corrected chi connectivity index (χ4v) is 5.91. The molecule has 1 unspecified atom stereocenters. The van der Waals surface area contributed by atoms with E-state index >= 15 is 8.78 Å². The second-order valence-electron chi connectivity index (χ2n) is 8.72. The Hall–Kier alpha value is -3.85. The van der Waals surface area contributed by atoms with Crippen LogP contribution < -0.4 is 4.74 Å². The summed E-state index contributed by atoms with van der Waals surface area (Å²) >= 11 is 0. The summed E-state index contributed by atoms with van der Waals surface area (Å²) in [6.07, 6.45) is 0. The highest BCUT2D eigenvalue weighted by Crippen LogP contribution is 2.35. The van der Waals surface area contributed by atoms with E-state index in [-0.39, 0.29) is 9.79 Å². The Labute approximate surface area is 219 Å². The molecule has 4 aromatic rings. The molecule has 9 heteroatoms. The largest absolute Gasteiger partial charge is 0.476 e. The van der Waals surface area contributed by atoms with Crippen molar-refractivity contribution in [3.05, 3.63) is 120 Å². The average Bonchev–Trinajstić information content (AvgIpc) is 2.84. The molecule has 38 heavy (non-hydrogen) atoms. The van der Waals surface area contributed by atoms with E-state index < -0.39 is 63.9 Å². The van der Waals surface area contributed by atoms with Crippen molar-refractivity contribution in [3.63, 3.8) is 0 Å². The number of esters is 1. The minimum Gasteiger partial charge on any atom is -0.476 e. The SMILES string of the molecule is CC(C)(OC(=O)COc1c(F)cc([S+](c2ccccc2)c2cc(F)cc(F)c2)cc1F)c1ccc(F)cc1. The number of rotatable bonds is 8. The molecule has 0 amide bonds. The van der Waals surface area contributed by atoms with E-state index in [1.54, 1.807) is 44.2 Å². The van der Waals surface area contributed by atoms with Gasteiger partial charge < -0.3 is 9.47 Å². The van der Waals surface area contributed by atoms with Crippen molar-refractivity contribution >= 4 is 16.9 Å². The van der Waals surface area contributed by atoms with Crippen LogP contribution in [0.25, 0.3) is 0 Å². The molecule has 0 N–H and O–H groups in total. The lowest BCUT2D eigenvalue weighted by atomic mass is 9.98. The first kappa shape index (κ1) is 27.2. The van der Waals surface area contributed by atoms with Gasteiger partial charge in [-0.25, -0.2) is 26.7 Å². The Kier molecular flexibility index (Phi) is 8.06. The molecule has 4 aromatic carbocycles. The number of carbonyl (C=O) groups excluding carboxylic acids is 1. The van der Waals surface area contributed by atoms with Gasteiger partial charge in [-0.05, 0) is 43.7 Å². The standard InChI is InChI=1S/C29H22F5O3S/c1-29(2,18-8-10-19(30)11-9-18)37-27(35)17-36-28-25(33)15-24(16-26(28)34)38(22-6-4-3-5-7-22)23-13-20(31)12-21(32)14-23/h3-16H,17H2,1-2H3/q+1. The minimum atomic E-state index is -1.25. The predicted molar refractivity (Wildman–Crippen MR) is 132 cm³/mol. The minimum absolute atomic E-state index is 0.114. The van der Waals surface area contributed by atoms with Crippen LogP contribution in [0.2, 0.25) is 0 Å². The van der Waals surface area contributed by atoms with Gasteiger partial charge in [0.15, 0.2) is 38.7 Å². The zero-order chi connectivity index (χ0) is 27.4. The van der Waals surface area contributed by atoms with Crippen molar-refractivity contribution < 1.29 is 36.2 Å². The van der Waals surface area contributed by atoms with E-state index in [2.05, 4.69) is 0 Å². The number of halogens is 5. The Morgan fingerprint density at radius 3 is 1.84 bits per heavy atom. The van der Waals surface area contributed by atoms with Gasteiger partial charge >= 0.3 is 5.97 Å². The molecule has 0 radical (unpaired) electrons. The molecule has 0 aliphatic rings. The highest BCUT2D eigenvalue weighted by Gasteiger charge is 2.33. The number of carbonyl (C=O) groups is 1. The van der Waals surface area contributed by atoms with E-state index in [1.165, 1.54) is 24.3 Å². The van der Waals surface area contributed by atoms with Crippen LogP contribution in [0.3, 0.4) is 0 Å². The number of hydrogen-bond acceptors (Lipinski definition) is 3. The fraction of sp³-hybridized carbons (Fsp3) is 0.138. The lowest BCUT2D eigenvalue weighted by Gasteiger charge is -2.25. The van der Waals surface area contributed by atoms with Crippen molar-refractivity contribution in [2.75, 3.05) is 6.61 Å². The third-order valence-corrected chi connectivity index (χ3v) is 7.66. The predicted octanol–water partition coefficient (Wildman–Crippen LogP) is 7.33. The number of benzene rings is 4. The van der Waals surface area contributed by atoms with Gasteiger partial charge in [-0.2, -0.15) is 0 Å². The van der Waals surface area contributed by atoms with Gasteiger partial charge in [0.05, 0.1) is 10.9 Å². The molecule has 0 saturated carbocycles. The Morgan fingerprint density at radius 1 is 0.711 bits per heavy atom. The molecule has 0 aliphatic heterocycles. The smallest absolute Gasteiger partial charge is 0.345 e. The molecule has 1 atom stereocenters. The van der Waals surface area contributed by atoms with Crippen LogP contribution in [0.4, 0.5) is 22.0 Å². The van der Waals surface area contributed by atoms with Crippen molar-refractivity contribution in [2.24, 2.45) is 0 Å². The maximum atomic E-state index is 15.1. The molecule has 0 fully saturated rings. The third kappa shape index (κ3) is 6.34. The van der Waals surface area contributed by atoms with Crippen LogP contribution in [-0.2, 0) is 26.0 Å². The molecule has 4 rings (SSSR count). The second kappa shape index (κ2) is 11.3. The molecule has 0 aliphatic carbocycles. The zero-order valence-corrected chi connectivity index (χ0v) is 21.1. The van der Waals surface area contributed by atoms with Crippen molar-refractivity contribution in [2.45, 2.75) is 34.1 Å². The maximum Gasteiger partial charge on any atom is 0.345 e. The van der Waals surface area contributed by atoms with E-state index in [0.717, 1.165) is 24.3 Å². The molecule has 0 bridgehead atoms. The Morgan fingerprint density at radius 2 is 1.26 bits per heavy atom. The van der Waals surface area contributed by atoms with Gasteiger partial charge in [-0.3, -0.25) is 0 Å². The van der Waals surface area contributed by atoms with Crippen LogP contribution in [0.1, 0.15) is 19.4 Å². The molecule has 196 valence electrons. The van der Waals surface area contributed by atoms with Crippen LogP contribution in [0.15, 0.2) is 99.6 Å². The van der Waals surface area contributed by atoms with Crippen molar-refractivity contribution in [3.8, 4) is 5.75 Å². The Bertz CT molecular complexity index is 1400. The molecule has 0 aromatic heterocycles. The van der Waals surface area contributed by atoms with Crippen molar-refractivity contribution in [1.29, 1.82) is 0 Å². The fourth-order valence-electron chi connectivity index (χ4n) is 3.76. The summed E-state index contributed by atoms with van der Waals surface area (Å²) in [5, 5.41) is 0. The maximum absolute atomic E-state index is 15.1. The average molecular weight is 546 g/mol. The second-order valence-corrected chi connectivity index (χ2v) is 10.7. The molecule has 0 heterocycles. The summed E-state index contributed by atoms with van der Waals surface area (Å²) in [6, 6.07) is 18.8. The van der Waals surface area contributed by atoms with E-state index in [1.807, 2.05) is 0 Å². The highest BCUT2D eigenvalue weighted by atomic mass is 32.2. The third-order valence-electron chi connectivity index (χ3n) is 5.50. The zero-order valence-electron chi connectivity index (χ0n) is 20.3. The van der Waals surface area contributed by atoms with Gasteiger partial charge in [0.25, 0.3) is 0 Å². The van der Waals surface area contributed by atoms with Gasteiger partial charge in [0, 0.05) is 30.3 Å². The van der Waals surface area contributed by atoms with Crippen LogP contribution in [-0.4, -0.2) is 12.6 Å². The normalized spacial score (nSPS) is 12.2. The molecular formula is C29H22F5O3S+. The van der Waals surface area contributed by atoms with Gasteiger partial charge in [-0.15, -0.1) is 0 Å². The first-order valence-electron chi connectivity index (χ1n) is 11.4. The first-order chi connectivity index (χ1) is 18.0. The lowest BCUT2D eigenvalue weighted by molar-refractivity contribution is -0.160. The summed E-state index contributed by atoms with van der Waals surface area (Å²) < 4.78 is 81.8. The van der Waals surface area contributed by atoms with Gasteiger partial charge in [0.2, 0.25) is 0 Å². The summed E-state index contributed by atoms with van der Waals surface area (Å²) in [4.78, 5) is 13.3. The topological polar surface area (TPSA) is 35.5 Å². The van der Waals surface area contributed by atoms with E-state index in [0.29, 0.717) is 16.5 Å². The quantitative estimate of drug-likeness (QED) is 0.132. The number of ether oxygens (including phenoxy) is 2. The van der Waals surface area contributed by atoms with E-state index in [4.69, 9.17) is 9.47 Å². The lowest BCUT2D eigenvalue weighted by Crippen LogP contribution is -2.28. The van der Waals surface area contributed by atoms with Crippen LogP contribution >= 0.6 is 0 Å². The van der Waals surface area contributed by atoms with Crippen LogP contribution in [0, 0.1) is 29.1 Å². The monoisotopic (exact) mass is 545 g/mol. The summed E-state index contributed by atoms with van der Waals surface area (Å²) in [7, 11) is -1.25.